The van der Waals surface area contributed by atoms with Crippen molar-refractivity contribution in [2.75, 3.05) is 6.61 Å². The van der Waals surface area contributed by atoms with Crippen molar-refractivity contribution in [3.05, 3.63) is 29.8 Å². The van der Waals surface area contributed by atoms with E-state index in [0.717, 1.165) is 17.7 Å². The smallest absolute Gasteiger partial charge is 0.196 e. The van der Waals surface area contributed by atoms with Gasteiger partial charge in [0.25, 0.3) is 0 Å². The highest BCUT2D eigenvalue weighted by molar-refractivity contribution is 8.13. The van der Waals surface area contributed by atoms with E-state index in [2.05, 4.69) is 0 Å². The minimum atomic E-state index is -0.527. The van der Waals surface area contributed by atoms with Crippen LogP contribution in [0.2, 0.25) is 0 Å². The number of thioether (sulfide) groups is 1. The van der Waals surface area contributed by atoms with Gasteiger partial charge in [-0.05, 0) is 31.9 Å². The zero-order valence-corrected chi connectivity index (χ0v) is 13.6. The molecule has 2 fully saturated rings. The maximum absolute atomic E-state index is 12.2. The number of hydrogen-bond donors (Lipinski definition) is 1. The molecule has 4 atom stereocenters. The highest BCUT2D eigenvalue weighted by Gasteiger charge is 2.40. The largest absolute Gasteiger partial charge is 0.390 e. The number of hydrogen-bond acceptors (Lipinski definition) is 5. The second-order valence-electron chi connectivity index (χ2n) is 6.07. The summed E-state index contributed by atoms with van der Waals surface area (Å²) < 4.78 is 11.6. The van der Waals surface area contributed by atoms with Crippen molar-refractivity contribution in [2.45, 2.75) is 61.9 Å². The van der Waals surface area contributed by atoms with E-state index in [4.69, 9.17) is 9.47 Å². The second kappa shape index (κ2) is 7.13. The maximum atomic E-state index is 12.2. The Balaban J connectivity index is 1.54. The Kier molecular flexibility index (Phi) is 5.18. The van der Waals surface area contributed by atoms with Crippen molar-refractivity contribution in [2.24, 2.45) is 0 Å². The average Bonchev–Trinajstić information content (AvgIpc) is 2.49. The Bertz CT molecular complexity index is 516. The first-order valence-corrected chi connectivity index (χ1v) is 8.66. The Morgan fingerprint density at radius 2 is 2.14 bits per heavy atom. The average molecular weight is 322 g/mol. The first-order chi connectivity index (χ1) is 10.6. The minimum absolute atomic E-state index is 0.0697. The van der Waals surface area contributed by atoms with E-state index in [1.165, 1.54) is 17.3 Å². The monoisotopic (exact) mass is 322 g/mol. The van der Waals surface area contributed by atoms with E-state index >= 15 is 0 Å². The molecule has 120 valence electrons. The molecule has 0 aromatic heterocycles. The third-order valence-corrected chi connectivity index (χ3v) is 5.11. The Morgan fingerprint density at radius 3 is 2.91 bits per heavy atom. The Morgan fingerprint density at radius 1 is 1.36 bits per heavy atom. The number of aliphatic hydroxyl groups is 1. The van der Waals surface area contributed by atoms with Gasteiger partial charge in [-0.1, -0.05) is 29.5 Å². The van der Waals surface area contributed by atoms with Gasteiger partial charge in [-0.3, -0.25) is 4.79 Å². The highest BCUT2D eigenvalue weighted by Crippen LogP contribution is 2.32. The fourth-order valence-electron chi connectivity index (χ4n) is 3.08. The van der Waals surface area contributed by atoms with Crippen LogP contribution in [0.5, 0.6) is 0 Å². The number of rotatable bonds is 3. The van der Waals surface area contributed by atoms with Crippen LogP contribution in [0.3, 0.4) is 0 Å². The van der Waals surface area contributed by atoms with Crippen LogP contribution in [0.25, 0.3) is 0 Å². The summed E-state index contributed by atoms with van der Waals surface area (Å²) in [6, 6.07) is 7.92. The maximum Gasteiger partial charge on any atom is 0.196 e. The number of aryl methyl sites for hydroxylation is 1. The molecule has 0 radical (unpaired) electrons. The van der Waals surface area contributed by atoms with Crippen LogP contribution in [0.15, 0.2) is 29.2 Å². The van der Waals surface area contributed by atoms with Crippen molar-refractivity contribution in [1.82, 2.24) is 0 Å². The van der Waals surface area contributed by atoms with Crippen molar-refractivity contribution in [3.8, 4) is 0 Å². The third-order valence-electron chi connectivity index (χ3n) is 4.21. The van der Waals surface area contributed by atoms with Gasteiger partial charge in [0.15, 0.2) is 5.12 Å². The van der Waals surface area contributed by atoms with Crippen LogP contribution in [-0.2, 0) is 14.3 Å². The second-order valence-corrected chi connectivity index (χ2v) is 7.20. The summed E-state index contributed by atoms with van der Waals surface area (Å²) >= 11 is 1.24. The topological polar surface area (TPSA) is 55.8 Å². The lowest BCUT2D eigenvalue weighted by molar-refractivity contribution is -0.207. The minimum Gasteiger partial charge on any atom is -0.390 e. The summed E-state index contributed by atoms with van der Waals surface area (Å²) in [4.78, 5) is 13.2. The molecule has 3 rings (SSSR count). The summed E-state index contributed by atoms with van der Waals surface area (Å²) in [5.74, 6) is 0. The molecule has 22 heavy (non-hydrogen) atoms. The first kappa shape index (κ1) is 16.0. The number of carbonyl (C=O) groups excluding carboxylic acids is 1. The predicted molar refractivity (Wildman–Crippen MR) is 84.9 cm³/mol. The van der Waals surface area contributed by atoms with Crippen LogP contribution in [0.1, 0.15) is 31.2 Å². The molecule has 0 amide bonds. The molecule has 0 aliphatic carbocycles. The SMILES string of the molecule is Cc1ccc(SC(=O)C[C@H]2C[C@@H](O)[C@@H]3OCCC[C@H]3O2)cc1. The molecule has 4 nitrogen and oxygen atoms in total. The molecule has 1 aromatic rings. The van der Waals surface area contributed by atoms with E-state index < -0.39 is 6.10 Å². The quantitative estimate of drug-likeness (QED) is 0.867. The van der Waals surface area contributed by atoms with Gasteiger partial charge in [0, 0.05) is 24.3 Å². The van der Waals surface area contributed by atoms with Gasteiger partial charge in [0.1, 0.15) is 6.10 Å². The standard InChI is InChI=1S/C17H22O4S/c1-11-4-6-13(7-5-11)22-16(19)10-12-9-14(18)17-15(21-12)3-2-8-20-17/h4-7,12,14-15,17-18H,2-3,8-10H2,1H3/t12-,14-,15-,17+/m1/s1. The summed E-state index contributed by atoms with van der Waals surface area (Å²) in [6.07, 6.45) is 1.64. The van der Waals surface area contributed by atoms with Crippen LogP contribution < -0.4 is 0 Å². The van der Waals surface area contributed by atoms with Gasteiger partial charge in [-0.15, -0.1) is 0 Å². The van der Waals surface area contributed by atoms with Gasteiger partial charge < -0.3 is 14.6 Å². The highest BCUT2D eigenvalue weighted by atomic mass is 32.2. The van der Waals surface area contributed by atoms with Crippen LogP contribution in [-0.4, -0.2) is 41.2 Å². The van der Waals surface area contributed by atoms with E-state index in [1.54, 1.807) is 0 Å². The van der Waals surface area contributed by atoms with E-state index in [-0.39, 0.29) is 23.4 Å². The Hall–Kier alpha value is -0.880. The van der Waals surface area contributed by atoms with Crippen molar-refractivity contribution < 1.29 is 19.4 Å². The van der Waals surface area contributed by atoms with Crippen molar-refractivity contribution in [3.63, 3.8) is 0 Å². The number of ether oxygens (including phenoxy) is 2. The van der Waals surface area contributed by atoms with Gasteiger partial charge in [-0.2, -0.15) is 0 Å². The lowest BCUT2D eigenvalue weighted by atomic mass is 9.92. The summed E-state index contributed by atoms with van der Waals surface area (Å²) in [6.45, 7) is 2.71. The van der Waals surface area contributed by atoms with E-state index in [1.807, 2.05) is 31.2 Å². The first-order valence-electron chi connectivity index (χ1n) is 7.84. The van der Waals surface area contributed by atoms with Gasteiger partial charge in [0.2, 0.25) is 0 Å². The molecule has 0 bridgehead atoms. The molecule has 1 N–H and O–H groups in total. The lowest BCUT2D eigenvalue weighted by Gasteiger charge is -2.42. The van der Waals surface area contributed by atoms with Crippen LogP contribution >= 0.6 is 11.8 Å². The van der Waals surface area contributed by atoms with Crippen molar-refractivity contribution in [1.29, 1.82) is 0 Å². The zero-order chi connectivity index (χ0) is 15.5. The van der Waals surface area contributed by atoms with Crippen LogP contribution in [0, 0.1) is 6.92 Å². The molecule has 1 aromatic carbocycles. The number of aliphatic hydroxyl groups excluding tert-OH is 1. The molecule has 0 unspecified atom stereocenters. The molecular formula is C17H22O4S. The van der Waals surface area contributed by atoms with Crippen LogP contribution in [0.4, 0.5) is 0 Å². The van der Waals surface area contributed by atoms with Gasteiger partial charge in [0.05, 0.1) is 18.3 Å². The zero-order valence-electron chi connectivity index (χ0n) is 12.7. The summed E-state index contributed by atoms with van der Waals surface area (Å²) in [5.41, 5.74) is 1.18. The summed E-state index contributed by atoms with van der Waals surface area (Å²) in [5, 5.41) is 10.3. The van der Waals surface area contributed by atoms with Gasteiger partial charge in [-0.25, -0.2) is 0 Å². The molecule has 2 saturated heterocycles. The molecule has 5 heteroatoms. The molecule has 0 saturated carbocycles. The third kappa shape index (κ3) is 3.90. The summed E-state index contributed by atoms with van der Waals surface area (Å²) in [7, 11) is 0. The van der Waals surface area contributed by atoms with Crippen molar-refractivity contribution >= 4 is 16.9 Å². The molecule has 0 spiro atoms. The molecule has 2 aliphatic rings. The lowest BCUT2D eigenvalue weighted by Crippen LogP contribution is -2.52. The van der Waals surface area contributed by atoms with E-state index in [9.17, 15) is 9.90 Å². The van der Waals surface area contributed by atoms with Gasteiger partial charge >= 0.3 is 0 Å². The molecule has 2 heterocycles. The normalized spacial score (nSPS) is 31.5. The molecular weight excluding hydrogens is 300 g/mol. The number of benzene rings is 1. The fourth-order valence-corrected chi connectivity index (χ4v) is 3.89. The Labute approximate surface area is 135 Å². The van der Waals surface area contributed by atoms with E-state index in [0.29, 0.717) is 19.4 Å². The molecule has 2 aliphatic heterocycles. The fraction of sp³-hybridized carbons (Fsp3) is 0.588. The predicted octanol–water partition coefficient (Wildman–Crippen LogP) is 2.70. The number of fused-ring (bicyclic) bond motifs is 1. The number of carbonyl (C=O) groups is 1.